The Morgan fingerprint density at radius 2 is 1.79 bits per heavy atom. The summed E-state index contributed by atoms with van der Waals surface area (Å²) in [5.74, 6) is 4.20. The molecule has 4 aliphatic carbocycles. The van der Waals surface area contributed by atoms with E-state index in [4.69, 9.17) is 4.74 Å². The number of amides is 1. The molecule has 0 N–H and O–H groups in total. The Labute approximate surface area is 167 Å². The van der Waals surface area contributed by atoms with E-state index in [1.54, 1.807) is 0 Å². The molecule has 152 valence electrons. The molecule has 0 aromatic carbocycles. The van der Waals surface area contributed by atoms with Crippen molar-refractivity contribution in [2.24, 2.45) is 23.2 Å². The van der Waals surface area contributed by atoms with Gasteiger partial charge in [0.05, 0.1) is 12.0 Å². The molecule has 1 aromatic rings. The first-order chi connectivity index (χ1) is 13.5. The van der Waals surface area contributed by atoms with Gasteiger partial charge in [-0.25, -0.2) is 0 Å². The molecular formula is C22H32N4O2. The van der Waals surface area contributed by atoms with Gasteiger partial charge in [-0.3, -0.25) is 4.79 Å². The first kappa shape index (κ1) is 18.2. The van der Waals surface area contributed by atoms with Crippen LogP contribution in [-0.4, -0.2) is 54.3 Å². The lowest BCUT2D eigenvalue weighted by Crippen LogP contribution is -2.57. The fourth-order valence-corrected chi connectivity index (χ4v) is 6.71. The Balaban J connectivity index is 1.25. The number of rotatable bonds is 4. The zero-order chi connectivity index (χ0) is 19.3. The van der Waals surface area contributed by atoms with Crippen molar-refractivity contribution in [1.82, 2.24) is 15.1 Å². The summed E-state index contributed by atoms with van der Waals surface area (Å²) in [6, 6.07) is 3.80. The van der Waals surface area contributed by atoms with Crippen LogP contribution in [0.4, 0.5) is 5.82 Å². The van der Waals surface area contributed by atoms with Gasteiger partial charge in [-0.2, -0.15) is 0 Å². The lowest BCUT2D eigenvalue weighted by molar-refractivity contribution is -0.160. The highest BCUT2D eigenvalue weighted by atomic mass is 16.5. The average molecular weight is 385 g/mol. The summed E-state index contributed by atoms with van der Waals surface area (Å²) in [4.78, 5) is 17.6. The lowest BCUT2D eigenvalue weighted by atomic mass is 9.49. The summed E-state index contributed by atoms with van der Waals surface area (Å²) in [5, 5.41) is 8.40. The molecule has 0 radical (unpaired) electrons. The highest BCUT2D eigenvalue weighted by Gasteiger charge is 2.55. The van der Waals surface area contributed by atoms with Gasteiger partial charge in [0.2, 0.25) is 11.8 Å². The third kappa shape index (κ3) is 3.25. The van der Waals surface area contributed by atoms with Crippen molar-refractivity contribution in [3.05, 3.63) is 12.1 Å². The fourth-order valence-electron chi connectivity index (χ4n) is 6.71. The first-order valence-corrected chi connectivity index (χ1v) is 11.0. The Morgan fingerprint density at radius 3 is 2.36 bits per heavy atom. The molecule has 1 amide bonds. The van der Waals surface area contributed by atoms with Gasteiger partial charge in [0.15, 0.2) is 5.82 Å². The molecule has 1 saturated heterocycles. The largest absolute Gasteiger partial charge is 0.471 e. The summed E-state index contributed by atoms with van der Waals surface area (Å²) in [6.07, 6.45) is 9.53. The van der Waals surface area contributed by atoms with Gasteiger partial charge in [-0.05, 0) is 75.2 Å². The SMILES string of the molecule is CN(C)c1ccc(OC2CCCN(C(=O)C34CC5CC(CC(C5)C3)C4)C2)nn1. The number of likely N-dealkylation sites (tertiary alicyclic amines) is 1. The Morgan fingerprint density at radius 1 is 1.11 bits per heavy atom. The van der Waals surface area contributed by atoms with Crippen LogP contribution in [0.2, 0.25) is 0 Å². The minimum Gasteiger partial charge on any atom is -0.471 e. The van der Waals surface area contributed by atoms with Gasteiger partial charge in [0.1, 0.15) is 6.10 Å². The van der Waals surface area contributed by atoms with E-state index in [9.17, 15) is 4.79 Å². The van der Waals surface area contributed by atoms with Crippen molar-refractivity contribution >= 4 is 11.7 Å². The van der Waals surface area contributed by atoms with E-state index in [0.717, 1.165) is 62.2 Å². The maximum atomic E-state index is 13.6. The van der Waals surface area contributed by atoms with Gasteiger partial charge >= 0.3 is 0 Å². The molecule has 1 unspecified atom stereocenters. The van der Waals surface area contributed by atoms with Crippen LogP contribution in [0.25, 0.3) is 0 Å². The van der Waals surface area contributed by atoms with Gasteiger partial charge in [-0.1, -0.05) is 0 Å². The third-order valence-electron chi connectivity index (χ3n) is 7.53. The molecule has 6 rings (SSSR count). The maximum absolute atomic E-state index is 13.6. The molecule has 6 heteroatoms. The van der Waals surface area contributed by atoms with Gasteiger partial charge in [0, 0.05) is 26.7 Å². The van der Waals surface area contributed by atoms with Crippen LogP contribution >= 0.6 is 0 Å². The standard InChI is InChI=1S/C22H32N4O2/c1-25(2)19-5-6-20(24-23-19)28-18-4-3-7-26(14-18)21(27)22-11-15-8-16(12-22)10-17(9-15)13-22/h5-6,15-18H,3-4,7-14H2,1-2H3. The molecule has 4 saturated carbocycles. The van der Waals surface area contributed by atoms with Crippen LogP contribution in [-0.2, 0) is 4.79 Å². The molecule has 4 bridgehead atoms. The van der Waals surface area contributed by atoms with E-state index in [0.29, 0.717) is 18.3 Å². The summed E-state index contributed by atoms with van der Waals surface area (Å²) in [5.41, 5.74) is -0.0518. The van der Waals surface area contributed by atoms with Crippen molar-refractivity contribution < 1.29 is 9.53 Å². The van der Waals surface area contributed by atoms with Crippen molar-refractivity contribution in [2.45, 2.75) is 57.5 Å². The zero-order valence-corrected chi connectivity index (χ0v) is 17.1. The van der Waals surface area contributed by atoms with Crippen molar-refractivity contribution in [3.63, 3.8) is 0 Å². The van der Waals surface area contributed by atoms with E-state index >= 15 is 0 Å². The maximum Gasteiger partial charge on any atom is 0.233 e. The summed E-state index contributed by atoms with van der Waals surface area (Å²) in [6.45, 7) is 1.57. The number of hydrogen-bond donors (Lipinski definition) is 0. The number of ether oxygens (including phenoxy) is 1. The number of carbonyl (C=O) groups is 1. The third-order valence-corrected chi connectivity index (χ3v) is 7.53. The quantitative estimate of drug-likeness (QED) is 0.798. The van der Waals surface area contributed by atoms with Crippen LogP contribution in [0, 0.1) is 23.2 Å². The second-order valence-electron chi connectivity index (χ2n) is 9.96. The van der Waals surface area contributed by atoms with E-state index < -0.39 is 0 Å². The average Bonchev–Trinajstić information content (AvgIpc) is 2.67. The van der Waals surface area contributed by atoms with Gasteiger partial charge < -0.3 is 14.5 Å². The van der Waals surface area contributed by atoms with Crippen molar-refractivity contribution in [3.8, 4) is 5.88 Å². The van der Waals surface area contributed by atoms with Crippen LogP contribution < -0.4 is 9.64 Å². The molecule has 5 aliphatic rings. The summed E-state index contributed by atoms with van der Waals surface area (Å²) < 4.78 is 6.10. The Kier molecular flexibility index (Phi) is 4.48. The van der Waals surface area contributed by atoms with E-state index in [2.05, 4.69) is 15.1 Å². The fraction of sp³-hybridized carbons (Fsp3) is 0.773. The zero-order valence-electron chi connectivity index (χ0n) is 17.1. The van der Waals surface area contributed by atoms with E-state index in [1.807, 2.05) is 31.1 Å². The predicted molar refractivity (Wildman–Crippen MR) is 107 cm³/mol. The molecule has 5 fully saturated rings. The van der Waals surface area contributed by atoms with Crippen LogP contribution in [0.1, 0.15) is 51.4 Å². The summed E-state index contributed by atoms with van der Waals surface area (Å²) >= 11 is 0. The number of anilines is 1. The topological polar surface area (TPSA) is 58.6 Å². The number of piperidine rings is 1. The summed E-state index contributed by atoms with van der Waals surface area (Å²) in [7, 11) is 3.89. The number of carbonyl (C=O) groups excluding carboxylic acids is 1. The monoisotopic (exact) mass is 384 g/mol. The molecular weight excluding hydrogens is 352 g/mol. The first-order valence-electron chi connectivity index (χ1n) is 11.0. The number of aromatic nitrogens is 2. The smallest absolute Gasteiger partial charge is 0.233 e. The highest BCUT2D eigenvalue weighted by Crippen LogP contribution is 2.60. The second kappa shape index (κ2) is 6.89. The molecule has 1 aromatic heterocycles. The lowest BCUT2D eigenvalue weighted by Gasteiger charge is -2.57. The van der Waals surface area contributed by atoms with Crippen LogP contribution in [0.5, 0.6) is 5.88 Å². The Hall–Kier alpha value is -1.85. The van der Waals surface area contributed by atoms with Crippen molar-refractivity contribution in [1.29, 1.82) is 0 Å². The molecule has 0 spiro atoms. The number of nitrogens with zero attached hydrogens (tertiary/aromatic N) is 4. The molecule has 1 aliphatic heterocycles. The van der Waals surface area contributed by atoms with Gasteiger partial charge in [0.25, 0.3) is 0 Å². The molecule has 28 heavy (non-hydrogen) atoms. The Bertz CT molecular complexity index is 697. The van der Waals surface area contributed by atoms with Crippen LogP contribution in [0.15, 0.2) is 12.1 Å². The molecule has 6 nitrogen and oxygen atoms in total. The molecule has 1 atom stereocenters. The minimum absolute atomic E-state index is 0.0196. The second-order valence-corrected chi connectivity index (χ2v) is 9.96. The van der Waals surface area contributed by atoms with Crippen molar-refractivity contribution in [2.75, 3.05) is 32.1 Å². The minimum atomic E-state index is -0.0518. The van der Waals surface area contributed by atoms with Gasteiger partial charge in [-0.15, -0.1) is 10.2 Å². The molecule has 2 heterocycles. The normalized spacial score (nSPS) is 36.4. The predicted octanol–water partition coefficient (Wildman–Crippen LogP) is 3.13. The van der Waals surface area contributed by atoms with E-state index in [1.165, 1.54) is 19.3 Å². The highest BCUT2D eigenvalue weighted by molar-refractivity contribution is 5.83. The number of hydrogen-bond acceptors (Lipinski definition) is 5. The van der Waals surface area contributed by atoms with E-state index in [-0.39, 0.29) is 11.5 Å². The van der Waals surface area contributed by atoms with Crippen LogP contribution in [0.3, 0.4) is 0 Å².